The Balaban J connectivity index is 1.69. The number of aromatic nitrogens is 1. The van der Waals surface area contributed by atoms with Crippen LogP contribution in [-0.4, -0.2) is 36.7 Å². The Morgan fingerprint density at radius 3 is 2.75 bits per heavy atom. The molecule has 1 fully saturated rings. The number of H-pyrrole nitrogens is 1. The molecule has 2 heterocycles. The predicted octanol–water partition coefficient (Wildman–Crippen LogP) is 3.53. The molecule has 7 nitrogen and oxygen atoms in total. The van der Waals surface area contributed by atoms with Gasteiger partial charge in [0.1, 0.15) is 0 Å². The van der Waals surface area contributed by atoms with Crippen LogP contribution in [0.15, 0.2) is 58.2 Å². The van der Waals surface area contributed by atoms with Gasteiger partial charge in [-0.25, -0.2) is 8.42 Å². The van der Waals surface area contributed by atoms with Gasteiger partial charge in [0.2, 0.25) is 15.6 Å². The van der Waals surface area contributed by atoms with E-state index >= 15 is 0 Å². The van der Waals surface area contributed by atoms with Crippen LogP contribution < -0.4 is 10.9 Å². The van der Waals surface area contributed by atoms with Gasteiger partial charge < -0.3 is 10.3 Å². The van der Waals surface area contributed by atoms with Crippen LogP contribution in [0, 0.1) is 5.92 Å². The Morgan fingerprint density at radius 2 is 2.00 bits per heavy atom. The lowest BCUT2D eigenvalue weighted by Gasteiger charge is -2.30. The van der Waals surface area contributed by atoms with Gasteiger partial charge in [-0.05, 0) is 48.6 Å². The number of sulfonamides is 1. The first kappa shape index (κ1) is 22.5. The molecule has 9 heteroatoms. The van der Waals surface area contributed by atoms with E-state index in [1.54, 1.807) is 18.2 Å². The van der Waals surface area contributed by atoms with Gasteiger partial charge in [-0.2, -0.15) is 4.31 Å². The lowest BCUT2D eigenvalue weighted by atomic mass is 10.0. The summed E-state index contributed by atoms with van der Waals surface area (Å²) in [6.07, 6.45) is 1.82. The fourth-order valence-corrected chi connectivity index (χ4v) is 5.84. The smallest absolute Gasteiger partial charge is 0.252 e. The van der Waals surface area contributed by atoms with Crippen LogP contribution in [0.2, 0.25) is 5.02 Å². The van der Waals surface area contributed by atoms with Crippen molar-refractivity contribution in [1.29, 1.82) is 0 Å². The molecule has 1 aliphatic heterocycles. The first-order valence-corrected chi connectivity index (χ1v) is 12.3. The van der Waals surface area contributed by atoms with Crippen LogP contribution in [0.5, 0.6) is 0 Å². The maximum absolute atomic E-state index is 13.2. The summed E-state index contributed by atoms with van der Waals surface area (Å²) in [5, 5.41) is 3.66. The average Bonchev–Trinajstić information content (AvgIpc) is 2.77. The van der Waals surface area contributed by atoms with Crippen molar-refractivity contribution in [3.8, 4) is 0 Å². The zero-order chi connectivity index (χ0) is 22.9. The summed E-state index contributed by atoms with van der Waals surface area (Å²) < 4.78 is 27.9. The molecule has 1 aliphatic rings. The number of aromatic amines is 1. The van der Waals surface area contributed by atoms with E-state index in [1.165, 1.54) is 28.6 Å². The first-order valence-electron chi connectivity index (χ1n) is 10.4. The summed E-state index contributed by atoms with van der Waals surface area (Å²) in [5.74, 6) is -0.191. The molecule has 0 bridgehead atoms. The van der Waals surface area contributed by atoms with Gasteiger partial charge in [0.05, 0.1) is 10.5 Å². The van der Waals surface area contributed by atoms with Gasteiger partial charge in [-0.15, -0.1) is 0 Å². The molecule has 1 amide bonds. The molecule has 0 aliphatic carbocycles. The second kappa shape index (κ2) is 9.05. The number of amides is 1. The highest BCUT2D eigenvalue weighted by Crippen LogP contribution is 2.26. The Hall–Kier alpha value is -2.68. The van der Waals surface area contributed by atoms with E-state index in [2.05, 4.69) is 10.3 Å². The Labute approximate surface area is 191 Å². The SMILES string of the molecule is CC1CCCN(S(=O)(=O)c2ccc3[nH]c(=O)cc(C(=O)NCc4ccccc4Cl)c3c2)C1. The third-order valence-corrected chi connectivity index (χ3v) is 7.94. The molecule has 1 aromatic heterocycles. The Morgan fingerprint density at radius 1 is 1.22 bits per heavy atom. The van der Waals surface area contributed by atoms with E-state index in [4.69, 9.17) is 11.6 Å². The fraction of sp³-hybridized carbons (Fsp3) is 0.304. The van der Waals surface area contributed by atoms with Crippen molar-refractivity contribution in [2.24, 2.45) is 5.92 Å². The zero-order valence-corrected chi connectivity index (χ0v) is 19.2. The van der Waals surface area contributed by atoms with Gasteiger partial charge in [-0.1, -0.05) is 36.7 Å². The minimum Gasteiger partial charge on any atom is -0.348 e. The van der Waals surface area contributed by atoms with E-state index in [0.717, 1.165) is 18.4 Å². The third-order valence-electron chi connectivity index (χ3n) is 5.71. The Bertz CT molecular complexity index is 1340. The van der Waals surface area contributed by atoms with E-state index in [0.29, 0.717) is 34.9 Å². The van der Waals surface area contributed by atoms with Crippen molar-refractivity contribution in [2.45, 2.75) is 31.2 Å². The molecule has 1 unspecified atom stereocenters. The fourth-order valence-electron chi connectivity index (χ4n) is 4.01. The zero-order valence-electron chi connectivity index (χ0n) is 17.6. The summed E-state index contributed by atoms with van der Waals surface area (Å²) in [6.45, 7) is 3.16. The lowest BCUT2D eigenvalue weighted by molar-refractivity contribution is 0.0952. The van der Waals surface area contributed by atoms with Crippen LogP contribution in [0.25, 0.3) is 10.9 Å². The number of carbonyl (C=O) groups excluding carboxylic acids is 1. The van der Waals surface area contributed by atoms with Crippen LogP contribution >= 0.6 is 11.6 Å². The molecule has 32 heavy (non-hydrogen) atoms. The van der Waals surface area contributed by atoms with Crippen LogP contribution in [0.4, 0.5) is 0 Å². The molecule has 3 aromatic rings. The van der Waals surface area contributed by atoms with Gasteiger partial charge >= 0.3 is 0 Å². The molecule has 168 valence electrons. The predicted molar refractivity (Wildman–Crippen MR) is 124 cm³/mol. The van der Waals surface area contributed by atoms with Gasteiger partial charge in [-0.3, -0.25) is 9.59 Å². The van der Waals surface area contributed by atoms with E-state index < -0.39 is 21.5 Å². The van der Waals surface area contributed by atoms with E-state index in [-0.39, 0.29) is 17.0 Å². The number of carbonyl (C=O) groups is 1. The van der Waals surface area contributed by atoms with Gasteiger partial charge in [0.25, 0.3) is 5.91 Å². The molecule has 2 aromatic carbocycles. The highest BCUT2D eigenvalue weighted by molar-refractivity contribution is 7.89. The van der Waals surface area contributed by atoms with Crippen LogP contribution in [0.3, 0.4) is 0 Å². The number of hydrogen-bond donors (Lipinski definition) is 2. The number of pyridine rings is 1. The number of hydrogen-bond acceptors (Lipinski definition) is 4. The molecule has 4 rings (SSSR count). The summed E-state index contributed by atoms with van der Waals surface area (Å²) in [4.78, 5) is 27.8. The second-order valence-corrected chi connectivity index (χ2v) is 10.5. The molecular formula is C23H24ClN3O4S. The van der Waals surface area contributed by atoms with Gasteiger partial charge in [0, 0.05) is 41.6 Å². The molecule has 2 N–H and O–H groups in total. The van der Waals surface area contributed by atoms with E-state index in [1.807, 2.05) is 13.0 Å². The van der Waals surface area contributed by atoms with Crippen molar-refractivity contribution < 1.29 is 13.2 Å². The van der Waals surface area contributed by atoms with Crippen molar-refractivity contribution in [2.75, 3.05) is 13.1 Å². The maximum atomic E-state index is 13.2. The van der Waals surface area contributed by atoms with Crippen LogP contribution in [0.1, 0.15) is 35.7 Å². The molecular weight excluding hydrogens is 450 g/mol. The maximum Gasteiger partial charge on any atom is 0.252 e. The van der Waals surface area contributed by atoms with E-state index in [9.17, 15) is 18.0 Å². The number of halogens is 1. The third kappa shape index (κ3) is 4.57. The lowest BCUT2D eigenvalue weighted by Crippen LogP contribution is -2.39. The summed E-state index contributed by atoms with van der Waals surface area (Å²) in [7, 11) is -3.71. The highest BCUT2D eigenvalue weighted by atomic mass is 35.5. The topological polar surface area (TPSA) is 99.3 Å². The molecule has 0 saturated carbocycles. The number of nitrogens with one attached hydrogen (secondary N) is 2. The van der Waals surface area contributed by atoms with Crippen molar-refractivity contribution >= 4 is 38.4 Å². The molecule has 0 radical (unpaired) electrons. The summed E-state index contributed by atoms with van der Waals surface area (Å²) in [6, 6.07) is 12.8. The summed E-state index contributed by atoms with van der Waals surface area (Å²) in [5.41, 5.74) is 0.797. The van der Waals surface area contributed by atoms with Gasteiger partial charge in [0.15, 0.2) is 0 Å². The standard InChI is InChI=1S/C23H24ClN3O4S/c1-15-5-4-10-27(14-15)32(30,31)17-8-9-21-18(11-17)19(12-22(28)26-21)23(29)25-13-16-6-2-3-7-20(16)24/h2-3,6-9,11-12,15H,4-5,10,13-14H2,1H3,(H,25,29)(H,26,28). The normalized spacial score (nSPS) is 17.4. The largest absolute Gasteiger partial charge is 0.348 e. The minimum absolute atomic E-state index is 0.103. The number of nitrogens with zero attached hydrogens (tertiary/aromatic N) is 1. The monoisotopic (exact) mass is 473 g/mol. The number of piperidine rings is 1. The first-order chi connectivity index (χ1) is 15.3. The number of rotatable bonds is 5. The average molecular weight is 474 g/mol. The Kier molecular flexibility index (Phi) is 6.37. The molecule has 1 atom stereocenters. The highest BCUT2D eigenvalue weighted by Gasteiger charge is 2.29. The molecule has 0 spiro atoms. The van der Waals surface area contributed by atoms with Crippen molar-refractivity contribution in [1.82, 2.24) is 14.6 Å². The van der Waals surface area contributed by atoms with Crippen molar-refractivity contribution in [3.63, 3.8) is 0 Å². The summed E-state index contributed by atoms with van der Waals surface area (Å²) >= 11 is 6.15. The van der Waals surface area contributed by atoms with Crippen molar-refractivity contribution in [3.05, 3.63) is 75.0 Å². The minimum atomic E-state index is -3.71. The number of fused-ring (bicyclic) bond motifs is 1. The quantitative estimate of drug-likeness (QED) is 0.592. The number of benzene rings is 2. The molecule has 1 saturated heterocycles. The second-order valence-electron chi connectivity index (χ2n) is 8.14. The van der Waals surface area contributed by atoms with Crippen LogP contribution in [-0.2, 0) is 16.6 Å².